The molecule has 0 amide bonds. The van der Waals surface area contributed by atoms with Crippen LogP contribution in [0.4, 0.5) is 21.5 Å². The molecule has 14 heteroatoms. The van der Waals surface area contributed by atoms with Gasteiger partial charge >= 0.3 is 0 Å². The highest BCUT2D eigenvalue weighted by Crippen LogP contribution is 2.38. The first-order valence-electron chi connectivity index (χ1n) is 11.6. The fraction of sp³-hybridized carbons (Fsp3) is 0.115. The number of anilines is 3. The van der Waals surface area contributed by atoms with Gasteiger partial charge in [-0.2, -0.15) is 5.26 Å². The highest BCUT2D eigenvalue weighted by atomic mass is 35.5. The predicted molar refractivity (Wildman–Crippen MR) is 153 cm³/mol. The molecule has 5 aromatic rings. The molecule has 9 nitrogen and oxygen atoms in total. The van der Waals surface area contributed by atoms with Crippen molar-refractivity contribution in [3.8, 4) is 6.07 Å². The Balaban J connectivity index is 1.62. The number of benzene rings is 2. The van der Waals surface area contributed by atoms with Crippen molar-refractivity contribution in [3.05, 3.63) is 97.8 Å². The third-order valence-corrected chi connectivity index (χ3v) is 7.00. The molecule has 2 aromatic carbocycles. The first-order valence-corrected chi connectivity index (χ1v) is 13.1. The van der Waals surface area contributed by atoms with Crippen LogP contribution in [0.15, 0.2) is 55.0 Å². The van der Waals surface area contributed by atoms with E-state index in [-0.39, 0.29) is 28.9 Å². The molecule has 0 spiro atoms. The number of aromatic nitrogens is 5. The zero-order valence-electron chi connectivity index (χ0n) is 20.2. The van der Waals surface area contributed by atoms with E-state index >= 15 is 0 Å². The Labute approximate surface area is 247 Å². The monoisotopic (exact) mass is 616 g/mol. The van der Waals surface area contributed by atoms with Crippen LogP contribution in [-0.4, -0.2) is 36.7 Å². The predicted octanol–water partition coefficient (Wildman–Crippen LogP) is 6.78. The van der Waals surface area contributed by atoms with Crippen molar-refractivity contribution in [2.24, 2.45) is 0 Å². The van der Waals surface area contributed by atoms with E-state index in [1.54, 1.807) is 18.3 Å². The number of aliphatic hydroxyl groups is 1. The number of aliphatic hydroxyl groups excluding tert-OH is 1. The quantitative estimate of drug-likeness (QED) is 0.163. The third-order valence-electron chi connectivity index (χ3n) is 5.89. The minimum Gasteiger partial charge on any atom is -0.394 e. The highest BCUT2D eigenvalue weighted by molar-refractivity contribution is 6.36. The van der Waals surface area contributed by atoms with Crippen molar-refractivity contribution in [2.75, 3.05) is 17.2 Å². The smallest absolute Gasteiger partial charge is 0.141 e. The van der Waals surface area contributed by atoms with Crippen molar-refractivity contribution < 1.29 is 9.50 Å². The van der Waals surface area contributed by atoms with E-state index in [0.29, 0.717) is 49.3 Å². The lowest BCUT2D eigenvalue weighted by Gasteiger charge is -2.20. The van der Waals surface area contributed by atoms with Gasteiger partial charge in [-0.05, 0) is 36.4 Å². The van der Waals surface area contributed by atoms with Crippen molar-refractivity contribution >= 4 is 74.4 Å². The highest BCUT2D eigenvalue weighted by Gasteiger charge is 2.23. The normalized spacial score (nSPS) is 11.8. The van der Waals surface area contributed by atoms with Gasteiger partial charge in [0.25, 0.3) is 0 Å². The fourth-order valence-electron chi connectivity index (χ4n) is 4.05. The van der Waals surface area contributed by atoms with Gasteiger partial charge in [0.15, 0.2) is 0 Å². The van der Waals surface area contributed by atoms with Crippen LogP contribution < -0.4 is 10.6 Å². The lowest BCUT2D eigenvalue weighted by Crippen LogP contribution is -2.14. The van der Waals surface area contributed by atoms with Crippen LogP contribution in [0.25, 0.3) is 10.9 Å². The Morgan fingerprint density at radius 2 is 1.80 bits per heavy atom. The molecule has 5 rings (SSSR count). The topological polar surface area (TPSA) is 125 Å². The summed E-state index contributed by atoms with van der Waals surface area (Å²) in [6.45, 7) is 0.132. The van der Waals surface area contributed by atoms with Crippen molar-refractivity contribution in [2.45, 2.75) is 12.6 Å². The zero-order chi connectivity index (χ0) is 28.4. The van der Waals surface area contributed by atoms with Crippen LogP contribution in [-0.2, 0) is 6.54 Å². The maximum Gasteiger partial charge on any atom is 0.141 e. The minimum absolute atomic E-state index is 0.0761. The number of nitrogens with zero attached hydrogens (tertiary/aromatic N) is 6. The van der Waals surface area contributed by atoms with E-state index in [0.717, 1.165) is 0 Å². The number of fused-ring (bicyclic) bond motifs is 1. The van der Waals surface area contributed by atoms with Crippen LogP contribution in [0.2, 0.25) is 20.2 Å². The minimum atomic E-state index is -0.655. The second-order valence-corrected chi connectivity index (χ2v) is 10.1. The second kappa shape index (κ2) is 11.8. The molecular weight excluding hydrogens is 601 g/mol. The summed E-state index contributed by atoms with van der Waals surface area (Å²) in [7, 11) is 0. The Morgan fingerprint density at radius 1 is 1.00 bits per heavy atom. The molecule has 3 N–H and O–H groups in total. The number of nitrogens with one attached hydrogen (secondary N) is 2. The molecular formula is C26H17Cl4FN8O. The number of hydrogen-bond donors (Lipinski definition) is 3. The molecule has 1 atom stereocenters. The zero-order valence-corrected chi connectivity index (χ0v) is 23.2. The van der Waals surface area contributed by atoms with E-state index in [2.05, 4.69) is 37.0 Å². The average molecular weight is 618 g/mol. The number of nitriles is 1. The third kappa shape index (κ3) is 5.75. The molecule has 0 saturated heterocycles. The standard InChI is InChI=1S/C26H17Cl4FN8O/c27-18-8-23(30)33-11-17(18)26(22-12-39(3-4-40)38-37-22)36-15-5-16-24(35-14-1-2-21(31)19(28)6-14)13(9-32)10-34-25(16)20(29)7-15/h1-2,5-8,10-12,26,36,40H,3-4H2,(H,34,35)/t26-/m0/s1. The van der Waals surface area contributed by atoms with Gasteiger partial charge in [-0.1, -0.05) is 51.6 Å². The molecule has 0 unspecified atom stereocenters. The average Bonchev–Trinajstić information content (AvgIpc) is 3.39. The summed E-state index contributed by atoms with van der Waals surface area (Å²) in [5.74, 6) is -0.570. The molecule has 0 radical (unpaired) electrons. The molecule has 0 bridgehead atoms. The van der Waals surface area contributed by atoms with E-state index in [4.69, 9.17) is 46.4 Å². The number of rotatable bonds is 8. The molecule has 40 heavy (non-hydrogen) atoms. The molecule has 0 fully saturated rings. The molecule has 202 valence electrons. The summed E-state index contributed by atoms with van der Waals surface area (Å²) in [5.41, 5.74) is 3.09. The Hall–Kier alpha value is -3.72. The van der Waals surface area contributed by atoms with E-state index in [9.17, 15) is 14.8 Å². The first-order chi connectivity index (χ1) is 19.3. The molecule has 0 aliphatic heterocycles. The van der Waals surface area contributed by atoms with E-state index in [1.807, 2.05) is 0 Å². The summed E-state index contributed by atoms with van der Waals surface area (Å²) in [6.07, 6.45) is 4.59. The van der Waals surface area contributed by atoms with Crippen molar-refractivity contribution in [3.63, 3.8) is 0 Å². The van der Waals surface area contributed by atoms with E-state index in [1.165, 1.54) is 41.3 Å². The Morgan fingerprint density at radius 3 is 2.52 bits per heavy atom. The molecule has 0 saturated carbocycles. The summed E-state index contributed by atoms with van der Waals surface area (Å²) >= 11 is 25.2. The number of halogens is 5. The van der Waals surface area contributed by atoms with Crippen LogP contribution in [0, 0.1) is 17.1 Å². The fourth-order valence-corrected chi connectivity index (χ4v) is 4.97. The number of pyridine rings is 2. The maximum atomic E-state index is 13.7. The van der Waals surface area contributed by atoms with Gasteiger partial charge in [0.1, 0.15) is 28.8 Å². The van der Waals surface area contributed by atoms with Crippen molar-refractivity contribution in [1.82, 2.24) is 25.0 Å². The second-order valence-electron chi connectivity index (χ2n) is 8.50. The largest absolute Gasteiger partial charge is 0.394 e. The van der Waals surface area contributed by atoms with Gasteiger partial charge in [-0.15, -0.1) is 5.10 Å². The summed E-state index contributed by atoms with van der Waals surface area (Å²) in [6, 6.07) is 10.5. The SMILES string of the molecule is N#Cc1cnc2c(Cl)cc(N[C@H](c3cn(CCO)nn3)c3cnc(Cl)cc3Cl)cc2c1Nc1ccc(F)c(Cl)c1. The lowest BCUT2D eigenvalue weighted by molar-refractivity contribution is 0.268. The van der Waals surface area contributed by atoms with Crippen LogP contribution >= 0.6 is 46.4 Å². The summed E-state index contributed by atoms with van der Waals surface area (Å²) in [5, 5.41) is 35.2. The Kier molecular flexibility index (Phi) is 8.21. The Bertz CT molecular complexity index is 1770. The van der Waals surface area contributed by atoms with E-state index < -0.39 is 11.9 Å². The number of hydrogen-bond acceptors (Lipinski definition) is 8. The van der Waals surface area contributed by atoms with Gasteiger partial charge in [-0.25, -0.2) is 14.1 Å². The van der Waals surface area contributed by atoms with Gasteiger partial charge in [0.2, 0.25) is 0 Å². The van der Waals surface area contributed by atoms with Crippen LogP contribution in [0.3, 0.4) is 0 Å². The van der Waals surface area contributed by atoms with Gasteiger partial charge in [-0.3, -0.25) is 4.98 Å². The summed E-state index contributed by atoms with van der Waals surface area (Å²) in [4.78, 5) is 8.53. The van der Waals surface area contributed by atoms with Crippen molar-refractivity contribution in [1.29, 1.82) is 5.26 Å². The maximum absolute atomic E-state index is 13.7. The molecule has 0 aliphatic rings. The molecule has 0 aliphatic carbocycles. The van der Waals surface area contributed by atoms with Gasteiger partial charge < -0.3 is 15.7 Å². The van der Waals surface area contributed by atoms with Gasteiger partial charge in [0, 0.05) is 34.7 Å². The van der Waals surface area contributed by atoms with Crippen LogP contribution in [0.1, 0.15) is 22.9 Å². The summed E-state index contributed by atoms with van der Waals surface area (Å²) < 4.78 is 15.2. The lowest BCUT2D eigenvalue weighted by atomic mass is 10.0. The van der Waals surface area contributed by atoms with Gasteiger partial charge in [0.05, 0.1) is 51.2 Å². The first kappa shape index (κ1) is 27.8. The van der Waals surface area contributed by atoms with Crippen LogP contribution in [0.5, 0.6) is 0 Å². The molecule has 3 heterocycles. The molecule has 3 aromatic heterocycles.